The van der Waals surface area contributed by atoms with Crippen LogP contribution in [0.3, 0.4) is 0 Å². The van der Waals surface area contributed by atoms with Gasteiger partial charge in [-0.3, -0.25) is 14.7 Å². The number of H-pyrrole nitrogens is 1. The SMILES string of the molecule is CC(=O)c1c(C)cc(C)c(C)c1Oc1n[nH]c(Cl)cc1=O. The van der Waals surface area contributed by atoms with E-state index in [0.29, 0.717) is 11.3 Å². The second kappa shape index (κ2) is 5.69. The third-order valence-corrected chi connectivity index (χ3v) is 3.46. The van der Waals surface area contributed by atoms with Gasteiger partial charge in [-0.2, -0.15) is 0 Å². The van der Waals surface area contributed by atoms with E-state index in [2.05, 4.69) is 10.2 Å². The first kappa shape index (κ1) is 15.3. The Morgan fingerprint density at radius 2 is 1.90 bits per heavy atom. The van der Waals surface area contributed by atoms with E-state index in [1.54, 1.807) is 0 Å². The fourth-order valence-electron chi connectivity index (χ4n) is 2.15. The van der Waals surface area contributed by atoms with Gasteiger partial charge >= 0.3 is 0 Å². The van der Waals surface area contributed by atoms with Gasteiger partial charge in [-0.15, -0.1) is 5.10 Å². The summed E-state index contributed by atoms with van der Waals surface area (Å²) in [5, 5.41) is 6.36. The summed E-state index contributed by atoms with van der Waals surface area (Å²) in [5.74, 6) is 0.0892. The van der Waals surface area contributed by atoms with Crippen molar-refractivity contribution in [1.29, 1.82) is 0 Å². The minimum absolute atomic E-state index is 0.122. The standard InChI is InChI=1S/C15H15ClN2O3/c1-7-5-8(2)13(10(4)19)14(9(7)3)21-15-11(20)6-12(16)17-18-15/h5-6H,1-4H3,(H,17,20). The third kappa shape index (κ3) is 2.97. The summed E-state index contributed by atoms with van der Waals surface area (Å²) in [7, 11) is 0. The van der Waals surface area contributed by atoms with Crippen molar-refractivity contribution in [3.63, 3.8) is 0 Å². The maximum Gasteiger partial charge on any atom is 0.285 e. The van der Waals surface area contributed by atoms with Crippen molar-refractivity contribution >= 4 is 17.4 Å². The molecular weight excluding hydrogens is 292 g/mol. The molecule has 0 bridgehead atoms. The highest BCUT2D eigenvalue weighted by molar-refractivity contribution is 6.29. The van der Waals surface area contributed by atoms with Gasteiger partial charge in [0.2, 0.25) is 5.43 Å². The third-order valence-electron chi connectivity index (χ3n) is 3.27. The highest BCUT2D eigenvalue weighted by Gasteiger charge is 2.19. The molecule has 1 aromatic carbocycles. The van der Waals surface area contributed by atoms with Gasteiger partial charge in [0.15, 0.2) is 5.78 Å². The zero-order chi connectivity index (χ0) is 15.7. The molecule has 0 atom stereocenters. The van der Waals surface area contributed by atoms with Crippen LogP contribution in [-0.2, 0) is 0 Å². The molecule has 0 aliphatic rings. The first-order valence-electron chi connectivity index (χ1n) is 6.36. The zero-order valence-corrected chi connectivity index (χ0v) is 13.0. The van der Waals surface area contributed by atoms with E-state index >= 15 is 0 Å². The predicted octanol–water partition coefficient (Wildman–Crippen LogP) is 3.34. The predicted molar refractivity (Wildman–Crippen MR) is 80.6 cm³/mol. The second-order valence-corrected chi connectivity index (χ2v) is 5.29. The van der Waals surface area contributed by atoms with Crippen LogP contribution in [0.1, 0.15) is 34.0 Å². The summed E-state index contributed by atoms with van der Waals surface area (Å²) in [6.45, 7) is 7.04. The Balaban J connectivity index is 2.63. The van der Waals surface area contributed by atoms with E-state index < -0.39 is 5.43 Å². The van der Waals surface area contributed by atoms with Crippen LogP contribution in [0.4, 0.5) is 0 Å². The smallest absolute Gasteiger partial charge is 0.285 e. The number of hydrogen-bond acceptors (Lipinski definition) is 4. The number of aromatic amines is 1. The average molecular weight is 307 g/mol. The molecule has 2 aromatic rings. The highest BCUT2D eigenvalue weighted by atomic mass is 35.5. The monoisotopic (exact) mass is 306 g/mol. The Bertz CT molecular complexity index is 781. The summed E-state index contributed by atoms with van der Waals surface area (Å²) in [6, 6.07) is 3.09. The molecule has 0 aliphatic heterocycles. The van der Waals surface area contributed by atoms with Crippen molar-refractivity contribution in [3.05, 3.63) is 49.8 Å². The van der Waals surface area contributed by atoms with Crippen LogP contribution in [0.15, 0.2) is 16.9 Å². The van der Waals surface area contributed by atoms with Crippen LogP contribution < -0.4 is 10.2 Å². The van der Waals surface area contributed by atoms with E-state index in [0.717, 1.165) is 16.7 Å². The van der Waals surface area contributed by atoms with E-state index in [4.69, 9.17) is 16.3 Å². The second-order valence-electron chi connectivity index (χ2n) is 4.88. The summed E-state index contributed by atoms with van der Waals surface area (Å²) < 4.78 is 5.61. The van der Waals surface area contributed by atoms with Gasteiger partial charge < -0.3 is 4.74 Å². The van der Waals surface area contributed by atoms with Crippen molar-refractivity contribution in [3.8, 4) is 11.6 Å². The number of nitrogens with zero attached hydrogens (tertiary/aromatic N) is 1. The zero-order valence-electron chi connectivity index (χ0n) is 12.2. The first-order chi connectivity index (χ1) is 9.81. The van der Waals surface area contributed by atoms with Gasteiger partial charge in [0.25, 0.3) is 5.88 Å². The lowest BCUT2D eigenvalue weighted by Gasteiger charge is -2.15. The topological polar surface area (TPSA) is 72.0 Å². The number of nitrogens with one attached hydrogen (secondary N) is 1. The van der Waals surface area contributed by atoms with Gasteiger partial charge in [0, 0.05) is 6.07 Å². The Hall–Kier alpha value is -2.14. The molecule has 21 heavy (non-hydrogen) atoms. The van der Waals surface area contributed by atoms with Crippen molar-refractivity contribution in [2.24, 2.45) is 0 Å². The Morgan fingerprint density at radius 1 is 1.24 bits per heavy atom. The summed E-state index contributed by atoms with van der Waals surface area (Å²) in [6.07, 6.45) is 0. The summed E-state index contributed by atoms with van der Waals surface area (Å²) in [5.41, 5.74) is 2.56. The Morgan fingerprint density at radius 3 is 2.48 bits per heavy atom. The molecule has 1 heterocycles. The molecule has 0 amide bonds. The molecule has 0 radical (unpaired) electrons. The fourth-order valence-corrected chi connectivity index (χ4v) is 2.30. The summed E-state index contributed by atoms with van der Waals surface area (Å²) in [4.78, 5) is 23.7. The number of aryl methyl sites for hydroxylation is 2. The number of carbonyl (C=O) groups is 1. The quantitative estimate of drug-likeness (QED) is 0.883. The van der Waals surface area contributed by atoms with Crippen LogP contribution in [0, 0.1) is 20.8 Å². The fraction of sp³-hybridized carbons (Fsp3) is 0.267. The van der Waals surface area contributed by atoms with Crippen LogP contribution in [0.2, 0.25) is 5.15 Å². The van der Waals surface area contributed by atoms with Gasteiger partial charge in [-0.05, 0) is 44.4 Å². The molecule has 0 spiro atoms. The molecular formula is C15H15ClN2O3. The number of aromatic nitrogens is 2. The van der Waals surface area contributed by atoms with Gasteiger partial charge in [-0.1, -0.05) is 17.7 Å². The molecule has 0 saturated carbocycles. The van der Waals surface area contributed by atoms with Crippen molar-refractivity contribution < 1.29 is 9.53 Å². The van der Waals surface area contributed by atoms with Crippen LogP contribution in [-0.4, -0.2) is 16.0 Å². The number of carbonyl (C=O) groups excluding carboxylic acids is 1. The van der Waals surface area contributed by atoms with E-state index in [1.807, 2.05) is 26.8 Å². The van der Waals surface area contributed by atoms with E-state index in [-0.39, 0.29) is 16.8 Å². The molecule has 110 valence electrons. The first-order valence-corrected chi connectivity index (χ1v) is 6.74. The molecule has 1 aromatic heterocycles. The van der Waals surface area contributed by atoms with Crippen LogP contribution >= 0.6 is 11.6 Å². The number of Topliss-reactive ketones (excluding diaryl/α,β-unsaturated/α-hetero) is 1. The molecule has 0 saturated heterocycles. The molecule has 0 aliphatic carbocycles. The number of rotatable bonds is 3. The van der Waals surface area contributed by atoms with Crippen LogP contribution in [0.25, 0.3) is 0 Å². The number of ketones is 1. The highest BCUT2D eigenvalue weighted by Crippen LogP contribution is 2.32. The molecule has 0 unspecified atom stereocenters. The number of benzene rings is 1. The maximum atomic E-state index is 11.9. The minimum Gasteiger partial charge on any atom is -0.434 e. The Kier molecular flexibility index (Phi) is 4.14. The maximum absolute atomic E-state index is 11.9. The van der Waals surface area contributed by atoms with Gasteiger partial charge in [0.05, 0.1) is 5.56 Å². The lowest BCUT2D eigenvalue weighted by molar-refractivity contribution is 0.101. The minimum atomic E-state index is -0.452. The van der Waals surface area contributed by atoms with Crippen molar-refractivity contribution in [2.45, 2.75) is 27.7 Å². The van der Waals surface area contributed by atoms with Crippen molar-refractivity contribution in [2.75, 3.05) is 0 Å². The van der Waals surface area contributed by atoms with E-state index in [9.17, 15) is 9.59 Å². The van der Waals surface area contributed by atoms with Crippen molar-refractivity contribution in [1.82, 2.24) is 10.2 Å². The average Bonchev–Trinajstić information content (AvgIpc) is 2.38. The largest absolute Gasteiger partial charge is 0.434 e. The van der Waals surface area contributed by atoms with Crippen LogP contribution in [0.5, 0.6) is 11.6 Å². The summed E-state index contributed by atoms with van der Waals surface area (Å²) >= 11 is 5.66. The van der Waals surface area contributed by atoms with Gasteiger partial charge in [0.1, 0.15) is 10.9 Å². The molecule has 2 rings (SSSR count). The van der Waals surface area contributed by atoms with Gasteiger partial charge in [-0.25, -0.2) is 0 Å². The lowest BCUT2D eigenvalue weighted by Crippen LogP contribution is -2.11. The molecule has 0 fully saturated rings. The number of halogens is 1. The number of hydrogen-bond donors (Lipinski definition) is 1. The molecule has 6 heteroatoms. The molecule has 5 nitrogen and oxygen atoms in total. The van der Waals surface area contributed by atoms with E-state index in [1.165, 1.54) is 13.0 Å². The normalized spacial score (nSPS) is 10.5. The Labute approximate surface area is 126 Å². The molecule has 1 N–H and O–H groups in total. The number of ether oxygens (including phenoxy) is 1. The lowest BCUT2D eigenvalue weighted by atomic mass is 9.97.